The molecule has 0 unspecified atom stereocenters. The van der Waals surface area contributed by atoms with E-state index in [0.29, 0.717) is 5.92 Å². The minimum absolute atomic E-state index is 0.0799. The zero-order chi connectivity index (χ0) is 16.4. The molecule has 1 aromatic carbocycles. The monoisotopic (exact) mass is 339 g/mol. The Morgan fingerprint density at radius 3 is 2.35 bits per heavy atom. The van der Waals surface area contributed by atoms with Crippen molar-refractivity contribution in [2.24, 2.45) is 5.92 Å². The third-order valence-electron chi connectivity index (χ3n) is 5.10. The van der Waals surface area contributed by atoms with Crippen molar-refractivity contribution < 1.29 is 18.3 Å². The summed E-state index contributed by atoms with van der Waals surface area (Å²) in [6.07, 6.45) is 2.42. The summed E-state index contributed by atoms with van der Waals surface area (Å²) < 4.78 is 28.5. The lowest BCUT2D eigenvalue weighted by Gasteiger charge is -2.36. The lowest BCUT2D eigenvalue weighted by atomic mass is 9.89. The molecule has 0 aliphatic carbocycles. The van der Waals surface area contributed by atoms with Gasteiger partial charge in [-0.05, 0) is 56.0 Å². The van der Waals surface area contributed by atoms with E-state index in [1.807, 2.05) is 12.1 Å². The van der Waals surface area contributed by atoms with Gasteiger partial charge in [-0.3, -0.25) is 4.90 Å². The largest absolute Gasteiger partial charge is 0.497 e. The summed E-state index contributed by atoms with van der Waals surface area (Å²) in [4.78, 5) is 2.17. The number of aliphatic hydroxyl groups excluding tert-OH is 1. The van der Waals surface area contributed by atoms with Crippen LogP contribution in [0.25, 0.3) is 0 Å². The second-order valence-corrected chi connectivity index (χ2v) is 8.90. The van der Waals surface area contributed by atoms with Crippen molar-refractivity contribution in [3.8, 4) is 5.75 Å². The van der Waals surface area contributed by atoms with E-state index < -0.39 is 15.9 Å². The van der Waals surface area contributed by atoms with Crippen molar-refractivity contribution >= 4 is 9.84 Å². The molecule has 2 saturated heterocycles. The summed E-state index contributed by atoms with van der Waals surface area (Å²) in [5.74, 6) is 1.52. The Labute approximate surface area is 138 Å². The van der Waals surface area contributed by atoms with Gasteiger partial charge in [0, 0.05) is 0 Å². The molecular weight excluding hydrogens is 314 g/mol. The number of rotatable bonds is 4. The quantitative estimate of drug-likeness (QED) is 0.890. The van der Waals surface area contributed by atoms with Crippen LogP contribution in [0.3, 0.4) is 0 Å². The minimum atomic E-state index is -3.07. The molecule has 1 aromatic rings. The molecule has 3 rings (SSSR count). The van der Waals surface area contributed by atoms with Crippen LogP contribution in [0.1, 0.15) is 18.4 Å². The fourth-order valence-electron chi connectivity index (χ4n) is 3.74. The molecule has 128 valence electrons. The first-order valence-corrected chi connectivity index (χ1v) is 10.0. The van der Waals surface area contributed by atoms with Gasteiger partial charge in [-0.25, -0.2) is 8.42 Å². The van der Waals surface area contributed by atoms with Crippen LogP contribution in [-0.2, 0) is 16.3 Å². The van der Waals surface area contributed by atoms with Gasteiger partial charge < -0.3 is 9.84 Å². The predicted molar refractivity (Wildman–Crippen MR) is 89.4 cm³/mol. The first-order chi connectivity index (χ1) is 11.0. The highest BCUT2D eigenvalue weighted by Crippen LogP contribution is 2.27. The van der Waals surface area contributed by atoms with Crippen LogP contribution in [-0.4, -0.2) is 62.3 Å². The molecule has 0 bridgehead atoms. The summed E-state index contributed by atoms with van der Waals surface area (Å²) in [5.41, 5.74) is 1.31. The summed E-state index contributed by atoms with van der Waals surface area (Å²) >= 11 is 0. The number of sulfone groups is 1. The van der Waals surface area contributed by atoms with E-state index in [9.17, 15) is 13.5 Å². The highest BCUT2D eigenvalue weighted by atomic mass is 32.2. The predicted octanol–water partition coefficient (Wildman–Crippen LogP) is 1.11. The number of aliphatic hydroxyl groups is 1. The van der Waals surface area contributed by atoms with E-state index in [-0.39, 0.29) is 17.5 Å². The number of hydrogen-bond donors (Lipinski definition) is 1. The second kappa shape index (κ2) is 6.79. The Morgan fingerprint density at radius 1 is 1.17 bits per heavy atom. The molecule has 2 fully saturated rings. The fourth-order valence-corrected chi connectivity index (χ4v) is 5.57. The highest BCUT2D eigenvalue weighted by molar-refractivity contribution is 7.91. The Morgan fingerprint density at radius 2 is 1.83 bits per heavy atom. The SMILES string of the molecule is COc1ccc(CC2CCN([C@H]3CS(=O)(=O)C[C@H]3O)CC2)cc1. The smallest absolute Gasteiger partial charge is 0.154 e. The molecule has 0 aromatic heterocycles. The molecule has 0 radical (unpaired) electrons. The number of hydrogen-bond acceptors (Lipinski definition) is 5. The fraction of sp³-hybridized carbons (Fsp3) is 0.647. The van der Waals surface area contributed by atoms with Gasteiger partial charge >= 0.3 is 0 Å². The molecule has 2 heterocycles. The van der Waals surface area contributed by atoms with Crippen molar-refractivity contribution in [2.75, 3.05) is 31.7 Å². The molecule has 2 aliphatic heterocycles. The molecule has 0 amide bonds. The van der Waals surface area contributed by atoms with Crippen molar-refractivity contribution in [3.05, 3.63) is 29.8 Å². The summed E-state index contributed by atoms with van der Waals surface area (Å²) in [5, 5.41) is 9.99. The molecular formula is C17H25NO4S. The van der Waals surface area contributed by atoms with Gasteiger partial charge in [0.2, 0.25) is 0 Å². The summed E-state index contributed by atoms with van der Waals surface area (Å²) in [6, 6.07) is 7.99. The second-order valence-electron chi connectivity index (χ2n) is 6.74. The lowest BCUT2D eigenvalue weighted by Crippen LogP contribution is -2.47. The van der Waals surface area contributed by atoms with Gasteiger partial charge in [0.1, 0.15) is 5.75 Å². The van der Waals surface area contributed by atoms with E-state index in [1.54, 1.807) is 7.11 Å². The van der Waals surface area contributed by atoms with Gasteiger partial charge in [-0.2, -0.15) is 0 Å². The maximum absolute atomic E-state index is 11.7. The van der Waals surface area contributed by atoms with Crippen molar-refractivity contribution in [1.82, 2.24) is 4.90 Å². The summed E-state index contributed by atoms with van der Waals surface area (Å²) in [7, 11) is -1.40. The first-order valence-electron chi connectivity index (χ1n) is 8.22. The average molecular weight is 339 g/mol. The summed E-state index contributed by atoms with van der Waals surface area (Å²) in [6.45, 7) is 1.75. The number of likely N-dealkylation sites (tertiary alicyclic amines) is 1. The van der Waals surface area contributed by atoms with Gasteiger partial charge in [0.05, 0.1) is 30.8 Å². The van der Waals surface area contributed by atoms with Crippen LogP contribution < -0.4 is 4.74 Å². The number of nitrogens with zero attached hydrogens (tertiary/aromatic N) is 1. The van der Waals surface area contributed by atoms with Crippen LogP contribution in [0.15, 0.2) is 24.3 Å². The van der Waals surface area contributed by atoms with Gasteiger partial charge in [-0.1, -0.05) is 12.1 Å². The van der Waals surface area contributed by atoms with Crippen LogP contribution in [0.2, 0.25) is 0 Å². The van der Waals surface area contributed by atoms with E-state index in [4.69, 9.17) is 4.74 Å². The van der Waals surface area contributed by atoms with E-state index in [0.717, 1.165) is 38.1 Å². The maximum Gasteiger partial charge on any atom is 0.154 e. The average Bonchev–Trinajstić information content (AvgIpc) is 2.82. The normalized spacial score (nSPS) is 28.8. The van der Waals surface area contributed by atoms with Crippen LogP contribution in [0.4, 0.5) is 0 Å². The Kier molecular flexibility index (Phi) is 4.94. The minimum Gasteiger partial charge on any atom is -0.497 e. The van der Waals surface area contributed by atoms with Gasteiger partial charge in [0.15, 0.2) is 9.84 Å². The van der Waals surface area contributed by atoms with Crippen LogP contribution in [0.5, 0.6) is 5.75 Å². The van der Waals surface area contributed by atoms with E-state index in [2.05, 4.69) is 17.0 Å². The van der Waals surface area contributed by atoms with E-state index >= 15 is 0 Å². The van der Waals surface area contributed by atoms with Crippen LogP contribution in [0, 0.1) is 5.92 Å². The molecule has 23 heavy (non-hydrogen) atoms. The maximum atomic E-state index is 11.7. The van der Waals surface area contributed by atoms with Crippen molar-refractivity contribution in [3.63, 3.8) is 0 Å². The molecule has 5 nitrogen and oxygen atoms in total. The first kappa shape index (κ1) is 16.7. The van der Waals surface area contributed by atoms with Gasteiger partial charge in [-0.15, -0.1) is 0 Å². The molecule has 2 atom stereocenters. The lowest BCUT2D eigenvalue weighted by molar-refractivity contribution is 0.0587. The Hall–Kier alpha value is -1.11. The molecule has 1 N–H and O–H groups in total. The zero-order valence-electron chi connectivity index (χ0n) is 13.5. The van der Waals surface area contributed by atoms with Crippen molar-refractivity contribution in [1.29, 1.82) is 0 Å². The standard InChI is InChI=1S/C17H25NO4S/c1-22-15-4-2-13(3-5-15)10-14-6-8-18(9-7-14)16-11-23(20,21)12-17(16)19/h2-5,14,16-17,19H,6-12H2,1H3/t16-,17+/m0/s1. The third kappa shape index (κ3) is 4.05. The molecule has 0 saturated carbocycles. The van der Waals surface area contributed by atoms with E-state index in [1.165, 1.54) is 5.56 Å². The van der Waals surface area contributed by atoms with Crippen molar-refractivity contribution in [2.45, 2.75) is 31.4 Å². The van der Waals surface area contributed by atoms with Gasteiger partial charge in [0.25, 0.3) is 0 Å². The topological polar surface area (TPSA) is 66.8 Å². The molecule has 2 aliphatic rings. The number of piperidine rings is 1. The number of benzene rings is 1. The Bertz CT molecular complexity index is 620. The third-order valence-corrected chi connectivity index (χ3v) is 6.79. The molecule has 6 heteroatoms. The number of ether oxygens (including phenoxy) is 1. The number of methoxy groups -OCH3 is 1. The van der Waals surface area contributed by atoms with Crippen LogP contribution >= 0.6 is 0 Å². The Balaban J connectivity index is 1.52. The molecule has 0 spiro atoms. The highest BCUT2D eigenvalue weighted by Gasteiger charge is 2.40. The zero-order valence-corrected chi connectivity index (χ0v) is 14.3.